The van der Waals surface area contributed by atoms with E-state index in [4.69, 9.17) is 14.2 Å². The van der Waals surface area contributed by atoms with Crippen LogP contribution >= 0.6 is 11.8 Å². The van der Waals surface area contributed by atoms with Crippen LogP contribution in [0.25, 0.3) is 0 Å². The van der Waals surface area contributed by atoms with Gasteiger partial charge in [0.05, 0.1) is 33.0 Å². The molecule has 56 heavy (non-hydrogen) atoms. The van der Waals surface area contributed by atoms with Gasteiger partial charge in [-0.1, -0.05) is 58.0 Å². The zero-order valence-corrected chi connectivity index (χ0v) is 33.5. The van der Waals surface area contributed by atoms with Crippen LogP contribution in [0.3, 0.4) is 0 Å². The summed E-state index contributed by atoms with van der Waals surface area (Å²) in [5, 5.41) is 30.4. The molecule has 0 fully saturated rings. The van der Waals surface area contributed by atoms with Gasteiger partial charge in [0.2, 0.25) is 11.8 Å². The average Bonchev–Trinajstić information content (AvgIpc) is 3.14. The first-order chi connectivity index (χ1) is 26.4. The first kappa shape index (κ1) is 46.9. The number of alkyl carbamates (subject to hydrolysis) is 1. The number of non-ortho nitro benzene ring substituents is 1. The van der Waals surface area contributed by atoms with Gasteiger partial charge < -0.3 is 30.2 Å². The van der Waals surface area contributed by atoms with Crippen LogP contribution in [-0.4, -0.2) is 76.3 Å². The number of nitro groups is 2. The van der Waals surface area contributed by atoms with Crippen LogP contribution in [0.4, 0.5) is 16.2 Å². The smallest absolute Gasteiger partial charge is 0.408 e. The van der Waals surface area contributed by atoms with Crippen LogP contribution in [0, 0.1) is 32.1 Å². The lowest BCUT2D eigenvalue weighted by Crippen LogP contribution is -2.50. The molecule has 4 atom stereocenters. The molecule has 0 saturated carbocycles. The zero-order valence-electron chi connectivity index (χ0n) is 32.6. The van der Waals surface area contributed by atoms with E-state index < -0.39 is 81.9 Å². The number of thioether (sulfide) groups is 1. The maximum atomic E-state index is 13.4. The van der Waals surface area contributed by atoms with Crippen molar-refractivity contribution in [1.82, 2.24) is 16.0 Å². The lowest BCUT2D eigenvalue weighted by Gasteiger charge is -2.22. The van der Waals surface area contributed by atoms with Crippen molar-refractivity contribution in [3.63, 3.8) is 0 Å². The lowest BCUT2D eigenvalue weighted by atomic mass is 10.1. The van der Waals surface area contributed by atoms with E-state index in [1.165, 1.54) is 0 Å². The molecule has 0 aliphatic heterocycles. The summed E-state index contributed by atoms with van der Waals surface area (Å²) in [6.07, 6.45) is 0.341. The minimum Gasteiger partial charge on any atom is -0.461 e. The van der Waals surface area contributed by atoms with Gasteiger partial charge in [0.25, 0.3) is 11.4 Å². The largest absolute Gasteiger partial charge is 0.461 e. The van der Waals surface area contributed by atoms with Gasteiger partial charge in [-0.2, -0.15) is 0 Å². The normalized spacial score (nSPS) is 13.1. The number of carbonyl (C=O) groups excluding carboxylic acids is 5. The molecule has 2 aromatic rings. The van der Waals surface area contributed by atoms with Crippen molar-refractivity contribution in [3.05, 3.63) is 74.3 Å². The van der Waals surface area contributed by atoms with Gasteiger partial charge in [-0.05, 0) is 69.4 Å². The topological polar surface area (TPSA) is 235 Å². The summed E-state index contributed by atoms with van der Waals surface area (Å²) >= 11 is 0.779. The molecule has 0 aromatic heterocycles. The molecule has 0 spiro atoms. The van der Waals surface area contributed by atoms with E-state index in [1.54, 1.807) is 44.2 Å². The molecule has 18 heteroatoms. The third-order valence-electron chi connectivity index (χ3n) is 8.21. The summed E-state index contributed by atoms with van der Waals surface area (Å²) < 4.78 is 16.2. The number of benzene rings is 2. The van der Waals surface area contributed by atoms with Gasteiger partial charge in [0.1, 0.15) is 25.2 Å². The van der Waals surface area contributed by atoms with Crippen molar-refractivity contribution in [2.24, 2.45) is 11.8 Å². The Hall–Kier alpha value is -5.26. The van der Waals surface area contributed by atoms with Crippen molar-refractivity contribution < 1.29 is 48.0 Å². The van der Waals surface area contributed by atoms with Gasteiger partial charge >= 0.3 is 18.0 Å². The van der Waals surface area contributed by atoms with E-state index in [1.807, 2.05) is 27.7 Å². The van der Waals surface area contributed by atoms with E-state index in [0.717, 1.165) is 42.8 Å². The predicted octanol–water partition coefficient (Wildman–Crippen LogP) is 6.01. The fraction of sp³-hybridized carbons (Fsp3) is 0.553. The number of rotatable bonds is 24. The molecular weight excluding hydrogens is 751 g/mol. The van der Waals surface area contributed by atoms with Crippen molar-refractivity contribution in [2.75, 3.05) is 12.3 Å². The van der Waals surface area contributed by atoms with Crippen LogP contribution < -0.4 is 16.0 Å². The highest BCUT2D eigenvalue weighted by molar-refractivity contribution is 7.99. The van der Waals surface area contributed by atoms with E-state index in [0.29, 0.717) is 30.2 Å². The fourth-order valence-corrected chi connectivity index (χ4v) is 6.05. The van der Waals surface area contributed by atoms with E-state index in [9.17, 15) is 44.2 Å². The Morgan fingerprint density at radius 1 is 0.750 bits per heavy atom. The van der Waals surface area contributed by atoms with Crippen molar-refractivity contribution in [1.29, 1.82) is 0 Å². The molecule has 0 aliphatic rings. The first-order valence-electron chi connectivity index (χ1n) is 18.4. The molecule has 308 valence electrons. The van der Waals surface area contributed by atoms with Crippen LogP contribution in [0.15, 0.2) is 53.4 Å². The number of amides is 3. The van der Waals surface area contributed by atoms with E-state index >= 15 is 0 Å². The summed E-state index contributed by atoms with van der Waals surface area (Å²) in [6.45, 7) is 11.0. The van der Waals surface area contributed by atoms with Crippen LogP contribution in [0.5, 0.6) is 0 Å². The minimum atomic E-state index is -1.38. The summed E-state index contributed by atoms with van der Waals surface area (Å²) in [7, 11) is 0. The van der Waals surface area contributed by atoms with Gasteiger partial charge in [-0.3, -0.25) is 34.6 Å². The molecule has 0 aliphatic carbocycles. The molecule has 3 N–H and O–H groups in total. The number of nitrogens with one attached hydrogen (secondary N) is 3. The summed E-state index contributed by atoms with van der Waals surface area (Å²) in [6, 6.07) is 9.19. The van der Waals surface area contributed by atoms with Crippen molar-refractivity contribution >= 4 is 53.0 Å². The van der Waals surface area contributed by atoms with Crippen molar-refractivity contribution in [2.45, 2.75) is 116 Å². The second kappa shape index (κ2) is 24.3. The summed E-state index contributed by atoms with van der Waals surface area (Å²) in [5.74, 6) is -2.60. The number of hydrogen-bond acceptors (Lipinski definition) is 13. The Morgan fingerprint density at radius 2 is 1.38 bits per heavy atom. The van der Waals surface area contributed by atoms with Crippen LogP contribution in [-0.2, 0) is 40.0 Å². The molecule has 2 aromatic carbocycles. The highest BCUT2D eigenvalue weighted by Crippen LogP contribution is 2.33. The Bertz CT molecular complexity index is 1640. The number of carbonyl (C=O) groups is 5. The van der Waals surface area contributed by atoms with Gasteiger partial charge in [0.15, 0.2) is 0 Å². The highest BCUT2D eigenvalue weighted by Gasteiger charge is 2.29. The third kappa shape index (κ3) is 18.4. The maximum absolute atomic E-state index is 13.4. The van der Waals surface area contributed by atoms with Crippen LogP contribution in [0.1, 0.15) is 85.6 Å². The quantitative estimate of drug-likeness (QED) is 0.0363. The predicted molar refractivity (Wildman–Crippen MR) is 207 cm³/mol. The fourth-order valence-electron chi connectivity index (χ4n) is 5.02. The van der Waals surface area contributed by atoms with Gasteiger partial charge in [-0.15, -0.1) is 11.8 Å². The molecule has 0 radical (unpaired) electrons. The molecule has 17 nitrogen and oxygen atoms in total. The Balaban J connectivity index is 2.21. The molecular formula is C38H53N5O12S. The molecule has 2 rings (SSSR count). The molecule has 0 saturated heterocycles. The average molecular weight is 804 g/mol. The summed E-state index contributed by atoms with van der Waals surface area (Å²) in [5.41, 5.74) is -0.383. The number of ether oxygens (including phenoxy) is 3. The van der Waals surface area contributed by atoms with Crippen molar-refractivity contribution in [3.8, 4) is 0 Å². The Labute approximate surface area is 330 Å². The zero-order chi connectivity index (χ0) is 41.8. The van der Waals surface area contributed by atoms with Crippen LogP contribution in [0.2, 0.25) is 0 Å². The van der Waals surface area contributed by atoms with E-state index in [2.05, 4.69) is 16.0 Å². The van der Waals surface area contributed by atoms with Gasteiger partial charge in [0, 0.05) is 18.2 Å². The number of nitrogens with zero attached hydrogens (tertiary/aromatic N) is 2. The molecule has 3 amide bonds. The highest BCUT2D eigenvalue weighted by atomic mass is 32.2. The minimum absolute atomic E-state index is 0.0151. The molecule has 0 heterocycles. The monoisotopic (exact) mass is 803 g/mol. The molecule has 0 bridgehead atoms. The number of hydrogen-bond donors (Lipinski definition) is 3. The Morgan fingerprint density at radius 3 is 1.96 bits per heavy atom. The SMILES string of the molecule is CC(C)CCC(C)OC(=O)CNC(=O)[C@H](CSc1ccc([N+](=O)[O-])cc1[N+](=O)[O-])NC(=O)CC[C@H](NC(=O)OCc1ccccc1)C(=O)OC(C)CCC(C)C. The second-order valence-electron chi connectivity index (χ2n) is 14.1. The summed E-state index contributed by atoms with van der Waals surface area (Å²) in [4.78, 5) is 86.5. The lowest BCUT2D eigenvalue weighted by molar-refractivity contribution is -0.396. The molecule has 2 unspecified atom stereocenters. The van der Waals surface area contributed by atoms with E-state index in [-0.39, 0.29) is 30.1 Å². The second-order valence-corrected chi connectivity index (χ2v) is 15.2. The Kier molecular flexibility index (Phi) is 20.3. The van der Waals surface area contributed by atoms with Gasteiger partial charge in [-0.25, -0.2) is 9.59 Å². The first-order valence-corrected chi connectivity index (χ1v) is 19.4. The number of esters is 2. The third-order valence-corrected chi connectivity index (χ3v) is 9.37. The standard InChI is InChI=1S/C38H53N5O12S/c1-24(2)12-14-26(5)54-35(45)21-39-36(46)31(23-56-33-18-16-29(42(49)50)20-32(33)43(51)52)40-34(44)19-17-30(37(47)55-27(6)15-13-25(3)4)41-38(48)53-22-28-10-8-7-9-11-28/h7-11,16,18,20,24-27,30-31H,12-15,17,19,21-23H2,1-6H3,(H,39,46)(H,40,44)(H,41,48)/t26?,27?,30-,31-/m0/s1. The maximum Gasteiger partial charge on any atom is 0.408 e. The number of nitro benzene ring substituents is 2.